The van der Waals surface area contributed by atoms with Gasteiger partial charge in [0.25, 0.3) is 11.8 Å². The number of azo groups is 1. The second-order valence-electron chi connectivity index (χ2n) is 5.33. The number of rotatable bonds is 5. The van der Waals surface area contributed by atoms with Crippen molar-refractivity contribution in [1.29, 1.82) is 0 Å². The van der Waals surface area contributed by atoms with Crippen LogP contribution in [0.25, 0.3) is 10.9 Å². The smallest absolute Gasteiger partial charge is 0.266 e. The van der Waals surface area contributed by atoms with Crippen molar-refractivity contribution in [2.75, 3.05) is 6.54 Å². The first-order chi connectivity index (χ1) is 12.1. The predicted octanol–water partition coefficient (Wildman–Crippen LogP) is 3.30. The zero-order chi connectivity index (χ0) is 17.6. The Kier molecular flexibility index (Phi) is 4.84. The van der Waals surface area contributed by atoms with E-state index in [4.69, 9.17) is 0 Å². The molecule has 0 unspecified atom stereocenters. The number of hydrogen-bond donors (Lipinski definition) is 3. The van der Waals surface area contributed by atoms with Gasteiger partial charge in [0.1, 0.15) is 0 Å². The minimum Gasteiger partial charge on any atom is -0.493 e. The van der Waals surface area contributed by atoms with Crippen LogP contribution >= 0.6 is 0 Å². The van der Waals surface area contributed by atoms with Crippen LogP contribution in [0.1, 0.15) is 16.8 Å². The SMILES string of the molecule is O=C(CCNC(=O)c1ccccc1)N=Nc1c(O)[nH]c2ccccc12. The highest BCUT2D eigenvalue weighted by Gasteiger charge is 2.10. The second-order valence-corrected chi connectivity index (χ2v) is 5.33. The zero-order valence-corrected chi connectivity index (χ0v) is 13.3. The first-order valence-corrected chi connectivity index (χ1v) is 7.72. The molecule has 1 aromatic heterocycles. The Bertz CT molecular complexity index is 932. The molecule has 7 nitrogen and oxygen atoms in total. The van der Waals surface area contributed by atoms with Crippen LogP contribution in [0.4, 0.5) is 5.69 Å². The van der Waals surface area contributed by atoms with Crippen molar-refractivity contribution in [3.8, 4) is 5.88 Å². The van der Waals surface area contributed by atoms with Gasteiger partial charge in [-0.3, -0.25) is 9.59 Å². The minimum atomic E-state index is -0.488. The van der Waals surface area contributed by atoms with Gasteiger partial charge in [0, 0.05) is 23.9 Å². The fourth-order valence-electron chi connectivity index (χ4n) is 2.34. The van der Waals surface area contributed by atoms with Gasteiger partial charge in [-0.1, -0.05) is 36.4 Å². The average Bonchev–Trinajstić information content (AvgIpc) is 2.95. The van der Waals surface area contributed by atoms with E-state index in [1.165, 1.54) is 0 Å². The van der Waals surface area contributed by atoms with E-state index in [0.717, 1.165) is 0 Å². The molecule has 7 heteroatoms. The van der Waals surface area contributed by atoms with E-state index >= 15 is 0 Å². The summed E-state index contributed by atoms with van der Waals surface area (Å²) < 4.78 is 0. The molecule has 0 fully saturated rings. The molecule has 0 aliphatic heterocycles. The molecular weight excluding hydrogens is 320 g/mol. The number of para-hydroxylation sites is 1. The number of carbonyl (C=O) groups excluding carboxylic acids is 2. The molecule has 2 aromatic carbocycles. The quantitative estimate of drug-likeness (QED) is 0.622. The van der Waals surface area contributed by atoms with Crippen molar-refractivity contribution in [3.63, 3.8) is 0 Å². The lowest BCUT2D eigenvalue weighted by molar-refractivity contribution is -0.118. The first-order valence-electron chi connectivity index (χ1n) is 7.72. The van der Waals surface area contributed by atoms with Gasteiger partial charge in [-0.15, -0.1) is 10.2 Å². The Hall–Kier alpha value is -3.48. The van der Waals surface area contributed by atoms with Gasteiger partial charge in [0.05, 0.1) is 5.52 Å². The largest absolute Gasteiger partial charge is 0.493 e. The van der Waals surface area contributed by atoms with Gasteiger partial charge in [-0.05, 0) is 18.2 Å². The van der Waals surface area contributed by atoms with Crippen molar-refractivity contribution in [1.82, 2.24) is 10.3 Å². The van der Waals surface area contributed by atoms with Crippen LogP contribution in [0.15, 0.2) is 64.8 Å². The highest BCUT2D eigenvalue weighted by Crippen LogP contribution is 2.35. The molecule has 3 aromatic rings. The Morgan fingerprint density at radius 1 is 1.04 bits per heavy atom. The Morgan fingerprint density at radius 2 is 1.76 bits per heavy atom. The van der Waals surface area contributed by atoms with Crippen molar-refractivity contribution in [2.45, 2.75) is 6.42 Å². The lowest BCUT2D eigenvalue weighted by Crippen LogP contribution is -2.25. The van der Waals surface area contributed by atoms with Gasteiger partial charge in [-0.25, -0.2) is 0 Å². The zero-order valence-electron chi connectivity index (χ0n) is 13.3. The second kappa shape index (κ2) is 7.39. The standard InChI is InChI=1S/C18H16N4O3/c23-15(10-11-19-17(24)12-6-2-1-3-7-12)21-22-16-13-8-4-5-9-14(13)20-18(16)25/h1-9,20,25H,10-11H2,(H,19,24). The number of benzene rings is 2. The van der Waals surface area contributed by atoms with Gasteiger partial charge >= 0.3 is 0 Å². The topological polar surface area (TPSA) is 107 Å². The molecule has 0 atom stereocenters. The van der Waals surface area contributed by atoms with Gasteiger partial charge < -0.3 is 15.4 Å². The summed E-state index contributed by atoms with van der Waals surface area (Å²) in [4.78, 5) is 26.4. The summed E-state index contributed by atoms with van der Waals surface area (Å²) >= 11 is 0. The Morgan fingerprint density at radius 3 is 2.56 bits per heavy atom. The van der Waals surface area contributed by atoms with E-state index in [9.17, 15) is 14.7 Å². The lowest BCUT2D eigenvalue weighted by Gasteiger charge is -2.02. The summed E-state index contributed by atoms with van der Waals surface area (Å²) in [5.74, 6) is -0.882. The molecule has 0 saturated heterocycles. The van der Waals surface area contributed by atoms with E-state index in [1.54, 1.807) is 42.5 Å². The maximum atomic E-state index is 11.8. The number of carbonyl (C=O) groups is 2. The van der Waals surface area contributed by atoms with Crippen LogP contribution in [-0.4, -0.2) is 28.4 Å². The van der Waals surface area contributed by atoms with Crippen LogP contribution in [-0.2, 0) is 4.79 Å². The Labute approximate surface area is 143 Å². The van der Waals surface area contributed by atoms with Gasteiger partial charge in [-0.2, -0.15) is 0 Å². The van der Waals surface area contributed by atoms with Crippen molar-refractivity contribution in [3.05, 3.63) is 60.2 Å². The maximum absolute atomic E-state index is 11.8. The highest BCUT2D eigenvalue weighted by atomic mass is 16.3. The summed E-state index contributed by atoms with van der Waals surface area (Å²) in [6, 6.07) is 15.9. The van der Waals surface area contributed by atoms with Crippen LogP contribution < -0.4 is 5.32 Å². The first kappa shape index (κ1) is 16.4. The van der Waals surface area contributed by atoms with Crippen LogP contribution in [0.2, 0.25) is 0 Å². The molecule has 126 valence electrons. The lowest BCUT2D eigenvalue weighted by atomic mass is 10.2. The number of amides is 2. The van der Waals surface area contributed by atoms with Crippen molar-refractivity contribution >= 4 is 28.4 Å². The predicted molar refractivity (Wildman–Crippen MR) is 92.9 cm³/mol. The summed E-state index contributed by atoms with van der Waals surface area (Å²) in [5.41, 5.74) is 1.45. The molecule has 0 bridgehead atoms. The fraction of sp³-hybridized carbons (Fsp3) is 0.111. The molecule has 0 spiro atoms. The summed E-state index contributed by atoms with van der Waals surface area (Å²) in [5, 5.41) is 20.6. The summed E-state index contributed by atoms with van der Waals surface area (Å²) in [6.45, 7) is 0.158. The molecule has 3 N–H and O–H groups in total. The highest BCUT2D eigenvalue weighted by molar-refractivity contribution is 5.95. The molecule has 0 radical (unpaired) electrons. The summed E-state index contributed by atoms with van der Waals surface area (Å²) in [6.07, 6.45) is 0.0190. The third-order valence-corrected chi connectivity index (χ3v) is 3.58. The average molecular weight is 336 g/mol. The normalized spacial score (nSPS) is 11.0. The maximum Gasteiger partial charge on any atom is 0.266 e. The van der Waals surface area contributed by atoms with E-state index in [0.29, 0.717) is 16.5 Å². The molecule has 25 heavy (non-hydrogen) atoms. The van der Waals surface area contributed by atoms with E-state index in [1.807, 2.05) is 12.1 Å². The Balaban J connectivity index is 1.56. The molecule has 0 aliphatic rings. The fourth-order valence-corrected chi connectivity index (χ4v) is 2.34. The number of H-pyrrole nitrogens is 1. The van der Waals surface area contributed by atoms with Crippen LogP contribution in [0.5, 0.6) is 5.88 Å². The van der Waals surface area contributed by atoms with E-state index in [-0.39, 0.29) is 30.4 Å². The van der Waals surface area contributed by atoms with Gasteiger partial charge in [0.2, 0.25) is 5.88 Å². The van der Waals surface area contributed by atoms with E-state index < -0.39 is 5.91 Å². The molecule has 3 rings (SSSR count). The van der Waals surface area contributed by atoms with Gasteiger partial charge in [0.15, 0.2) is 5.69 Å². The van der Waals surface area contributed by atoms with Crippen molar-refractivity contribution < 1.29 is 14.7 Å². The minimum absolute atomic E-state index is 0.0190. The van der Waals surface area contributed by atoms with Crippen molar-refractivity contribution in [2.24, 2.45) is 10.2 Å². The number of nitrogens with one attached hydrogen (secondary N) is 2. The molecule has 0 saturated carbocycles. The molecular formula is C18H16N4O3. The van der Waals surface area contributed by atoms with Crippen LogP contribution in [0, 0.1) is 0 Å². The summed E-state index contributed by atoms with van der Waals surface area (Å²) in [7, 11) is 0. The number of aromatic hydroxyl groups is 1. The number of nitrogens with zero attached hydrogens (tertiary/aromatic N) is 2. The molecule has 0 aliphatic carbocycles. The number of hydrogen-bond acceptors (Lipinski definition) is 4. The molecule has 1 heterocycles. The van der Waals surface area contributed by atoms with E-state index in [2.05, 4.69) is 20.5 Å². The molecule has 2 amide bonds. The number of aromatic amines is 1. The number of fused-ring (bicyclic) bond motifs is 1. The third-order valence-electron chi connectivity index (χ3n) is 3.58. The third kappa shape index (κ3) is 3.89. The monoisotopic (exact) mass is 336 g/mol. The number of aromatic nitrogens is 1. The van der Waals surface area contributed by atoms with Crippen LogP contribution in [0.3, 0.4) is 0 Å².